The molecule has 3 rings (SSSR count). The number of carbonyl (C=O) groups is 2. The van der Waals surface area contributed by atoms with Crippen molar-refractivity contribution in [3.8, 4) is 0 Å². The van der Waals surface area contributed by atoms with Crippen molar-refractivity contribution in [3.05, 3.63) is 57.0 Å². The Hall–Kier alpha value is -3.16. The van der Waals surface area contributed by atoms with Gasteiger partial charge in [0.25, 0.3) is 5.91 Å². The minimum absolute atomic E-state index is 0.0988. The van der Waals surface area contributed by atoms with Gasteiger partial charge in [0.1, 0.15) is 28.5 Å². The summed E-state index contributed by atoms with van der Waals surface area (Å²) in [6, 6.07) is 2.27. The summed E-state index contributed by atoms with van der Waals surface area (Å²) in [7, 11) is 4.04. The van der Waals surface area contributed by atoms with Crippen LogP contribution in [-0.2, 0) is 6.18 Å². The maximum absolute atomic E-state index is 13.1. The lowest BCUT2D eigenvalue weighted by Crippen LogP contribution is -2.14. The topological polar surface area (TPSA) is 113 Å². The monoisotopic (exact) mass is 569 g/mol. The highest BCUT2D eigenvalue weighted by atomic mass is 35.5. The summed E-state index contributed by atoms with van der Waals surface area (Å²) in [5, 5.41) is 5.48. The first-order chi connectivity index (χ1) is 17.9. The summed E-state index contributed by atoms with van der Waals surface area (Å²) >= 11 is 6.61. The lowest BCUT2D eigenvalue weighted by atomic mass is 10.0. The van der Waals surface area contributed by atoms with Gasteiger partial charge in [-0.05, 0) is 39.5 Å². The van der Waals surface area contributed by atoms with Crippen molar-refractivity contribution in [3.63, 3.8) is 0 Å². The summed E-state index contributed by atoms with van der Waals surface area (Å²) in [6.45, 7) is 3.51. The smallest absolute Gasteiger partial charge is 0.370 e. The molecule has 3 aromatic rings. The van der Waals surface area contributed by atoms with Crippen LogP contribution in [0.5, 0.6) is 0 Å². The van der Waals surface area contributed by atoms with Crippen LogP contribution in [0.1, 0.15) is 62.8 Å². The van der Waals surface area contributed by atoms with Crippen molar-refractivity contribution in [1.82, 2.24) is 24.8 Å². The van der Waals surface area contributed by atoms with E-state index in [1.165, 1.54) is 12.5 Å². The van der Waals surface area contributed by atoms with Gasteiger partial charge in [0, 0.05) is 31.1 Å². The van der Waals surface area contributed by atoms with Crippen LogP contribution >= 0.6 is 22.9 Å². The first kappa shape index (κ1) is 29.4. The van der Waals surface area contributed by atoms with Crippen molar-refractivity contribution in [1.29, 1.82) is 0 Å². The van der Waals surface area contributed by atoms with E-state index >= 15 is 0 Å². The second-order valence-electron chi connectivity index (χ2n) is 8.82. The molecule has 0 spiro atoms. The van der Waals surface area contributed by atoms with Crippen LogP contribution in [0.2, 0.25) is 5.02 Å². The first-order valence-electron chi connectivity index (χ1n) is 11.7. The predicted molar refractivity (Wildman–Crippen MR) is 140 cm³/mol. The highest BCUT2D eigenvalue weighted by Gasteiger charge is 2.34. The number of alkyl halides is 3. The summed E-state index contributed by atoms with van der Waals surface area (Å²) in [5.74, 6) is -0.930. The molecule has 2 N–H and O–H groups in total. The molecule has 0 fully saturated rings. The SMILES string of the molecule is CC(CC(=O)c1cc(NCCCCN(C)C)ncn1)c1ncc(C(=O)Nc2cc(C(F)(F)F)c(Cl)cn2)s1. The zero-order valence-electron chi connectivity index (χ0n) is 21.0. The molecule has 9 nitrogen and oxygen atoms in total. The van der Waals surface area contributed by atoms with E-state index in [-0.39, 0.29) is 34.5 Å². The number of anilines is 2. The standard InChI is InChI=1S/C24H27ClF3N7O2S/c1-14(8-18(36)17-10-20(33-13-32-17)29-6-4-5-7-35(2)3)23-31-12-19(38-23)22(37)34-21-9-15(24(26,27)28)16(25)11-30-21/h9-14H,4-8H2,1-3H3,(H,29,32,33)(H,30,34,37). The predicted octanol–water partition coefficient (Wildman–Crippen LogP) is 5.38. The Balaban J connectivity index is 1.57. The highest BCUT2D eigenvalue weighted by Crippen LogP contribution is 2.35. The van der Waals surface area contributed by atoms with E-state index in [0.717, 1.165) is 43.5 Å². The molecule has 0 radical (unpaired) electrons. The molecular formula is C24H27ClF3N7O2S. The fourth-order valence-corrected chi connectivity index (χ4v) is 4.44. The normalized spacial score (nSPS) is 12.4. The number of aromatic nitrogens is 4. The first-order valence-corrected chi connectivity index (χ1v) is 12.9. The largest absolute Gasteiger partial charge is 0.418 e. The molecule has 1 atom stereocenters. The fourth-order valence-electron chi connectivity index (χ4n) is 3.37. The average molecular weight is 570 g/mol. The highest BCUT2D eigenvalue weighted by molar-refractivity contribution is 7.13. The maximum Gasteiger partial charge on any atom is 0.418 e. The van der Waals surface area contributed by atoms with Crippen LogP contribution in [0.25, 0.3) is 0 Å². The number of pyridine rings is 1. The van der Waals surface area contributed by atoms with Gasteiger partial charge in [-0.3, -0.25) is 9.59 Å². The Bertz CT molecular complexity index is 1270. The van der Waals surface area contributed by atoms with E-state index in [0.29, 0.717) is 16.9 Å². The van der Waals surface area contributed by atoms with Gasteiger partial charge >= 0.3 is 6.18 Å². The Kier molecular flexibility index (Phi) is 10.1. The molecule has 204 valence electrons. The Morgan fingerprint density at radius 1 is 1.08 bits per heavy atom. The Labute approximate surface area is 226 Å². The van der Waals surface area contributed by atoms with Crippen LogP contribution in [0.4, 0.5) is 24.8 Å². The Morgan fingerprint density at radius 2 is 1.84 bits per heavy atom. The van der Waals surface area contributed by atoms with Crippen LogP contribution in [0, 0.1) is 0 Å². The number of Topliss-reactive ketones (excluding diaryl/α,β-unsaturated/α-hetero) is 1. The third-order valence-corrected chi connectivity index (χ3v) is 6.88. The fraction of sp³-hybridized carbons (Fsp3) is 0.417. The summed E-state index contributed by atoms with van der Waals surface area (Å²) in [4.78, 5) is 43.8. The van der Waals surface area contributed by atoms with Gasteiger partial charge in [-0.2, -0.15) is 13.2 Å². The molecule has 0 saturated heterocycles. The number of ketones is 1. The van der Waals surface area contributed by atoms with Gasteiger partial charge in [-0.1, -0.05) is 18.5 Å². The number of amides is 1. The zero-order valence-corrected chi connectivity index (χ0v) is 22.5. The van der Waals surface area contributed by atoms with Crippen LogP contribution in [0.15, 0.2) is 30.9 Å². The number of hydrogen-bond acceptors (Lipinski definition) is 9. The van der Waals surface area contributed by atoms with Crippen molar-refractivity contribution in [2.24, 2.45) is 0 Å². The minimum Gasteiger partial charge on any atom is -0.370 e. The molecule has 0 aliphatic heterocycles. The minimum atomic E-state index is -4.69. The van der Waals surface area contributed by atoms with Crippen LogP contribution in [-0.4, -0.2) is 63.7 Å². The molecule has 0 aliphatic rings. The lowest BCUT2D eigenvalue weighted by Gasteiger charge is -2.11. The van der Waals surface area contributed by atoms with Crippen molar-refractivity contribution >= 4 is 46.3 Å². The van der Waals surface area contributed by atoms with Crippen molar-refractivity contribution in [2.45, 2.75) is 38.3 Å². The van der Waals surface area contributed by atoms with E-state index in [1.54, 1.807) is 13.0 Å². The second-order valence-corrected chi connectivity index (χ2v) is 10.3. The molecule has 14 heteroatoms. The molecule has 3 aromatic heterocycles. The van der Waals surface area contributed by atoms with Gasteiger partial charge in [-0.25, -0.2) is 19.9 Å². The summed E-state index contributed by atoms with van der Waals surface area (Å²) in [5.41, 5.74) is -0.833. The number of hydrogen-bond donors (Lipinski definition) is 2. The number of rotatable bonds is 12. The average Bonchev–Trinajstić information content (AvgIpc) is 3.35. The quantitative estimate of drug-likeness (QED) is 0.221. The zero-order chi connectivity index (χ0) is 27.9. The molecule has 0 bridgehead atoms. The molecule has 1 amide bonds. The maximum atomic E-state index is 13.1. The van der Waals surface area contributed by atoms with Crippen molar-refractivity contribution in [2.75, 3.05) is 37.8 Å². The molecule has 0 aliphatic carbocycles. The number of nitrogens with one attached hydrogen (secondary N) is 2. The number of halogens is 4. The van der Waals surface area contributed by atoms with E-state index in [1.807, 2.05) is 14.1 Å². The Morgan fingerprint density at radius 3 is 2.55 bits per heavy atom. The molecule has 0 aromatic carbocycles. The second kappa shape index (κ2) is 13.1. The molecule has 1 unspecified atom stereocenters. The summed E-state index contributed by atoms with van der Waals surface area (Å²) in [6.07, 6.45) is 0.867. The lowest BCUT2D eigenvalue weighted by molar-refractivity contribution is -0.137. The molecule has 38 heavy (non-hydrogen) atoms. The van der Waals surface area contributed by atoms with Crippen molar-refractivity contribution < 1.29 is 22.8 Å². The molecular weight excluding hydrogens is 543 g/mol. The van der Waals surface area contributed by atoms with Crippen LogP contribution in [0.3, 0.4) is 0 Å². The summed E-state index contributed by atoms with van der Waals surface area (Å²) < 4.78 is 39.2. The van der Waals surface area contributed by atoms with Gasteiger partial charge in [0.15, 0.2) is 5.78 Å². The molecule has 3 heterocycles. The van der Waals surface area contributed by atoms with Gasteiger partial charge in [0.2, 0.25) is 0 Å². The number of thiazole rings is 1. The third kappa shape index (κ3) is 8.43. The van der Waals surface area contributed by atoms with E-state index in [9.17, 15) is 22.8 Å². The third-order valence-electron chi connectivity index (χ3n) is 5.35. The van der Waals surface area contributed by atoms with E-state index in [4.69, 9.17) is 11.6 Å². The number of unbranched alkanes of at least 4 members (excludes halogenated alkanes) is 1. The van der Waals surface area contributed by atoms with Gasteiger partial charge < -0.3 is 15.5 Å². The van der Waals surface area contributed by atoms with E-state index in [2.05, 4.69) is 35.5 Å². The van der Waals surface area contributed by atoms with E-state index < -0.39 is 22.7 Å². The van der Waals surface area contributed by atoms with Gasteiger partial charge in [0.05, 0.1) is 21.8 Å². The number of carbonyl (C=O) groups excluding carboxylic acids is 2. The van der Waals surface area contributed by atoms with Crippen LogP contribution < -0.4 is 10.6 Å². The van der Waals surface area contributed by atoms with Gasteiger partial charge in [-0.15, -0.1) is 11.3 Å². The number of nitrogens with zero attached hydrogens (tertiary/aromatic N) is 5. The molecule has 0 saturated carbocycles.